The van der Waals surface area contributed by atoms with Crippen LogP contribution in [0.5, 0.6) is 0 Å². The van der Waals surface area contributed by atoms with Crippen molar-refractivity contribution < 1.29 is 14.3 Å². The van der Waals surface area contributed by atoms with Crippen molar-refractivity contribution in [3.05, 3.63) is 59.7 Å². The third-order valence-corrected chi connectivity index (χ3v) is 6.86. The van der Waals surface area contributed by atoms with Crippen molar-refractivity contribution in [2.24, 2.45) is 11.5 Å². The molecular formula is C23H25N3O3. The minimum absolute atomic E-state index is 0.0352. The summed E-state index contributed by atoms with van der Waals surface area (Å²) in [6, 6.07) is 16.4. The second-order valence-corrected chi connectivity index (χ2v) is 8.52. The summed E-state index contributed by atoms with van der Waals surface area (Å²) in [5, 5.41) is 0. The maximum absolute atomic E-state index is 13.0. The van der Waals surface area contributed by atoms with Gasteiger partial charge in [0.1, 0.15) is 6.61 Å². The van der Waals surface area contributed by atoms with E-state index in [4.69, 9.17) is 16.2 Å². The summed E-state index contributed by atoms with van der Waals surface area (Å²) in [6.07, 6.45) is 2.17. The van der Waals surface area contributed by atoms with Crippen LogP contribution in [-0.4, -0.2) is 41.1 Å². The molecule has 2 aliphatic heterocycles. The third kappa shape index (κ3) is 2.82. The first-order chi connectivity index (χ1) is 14.0. The highest BCUT2D eigenvalue weighted by Crippen LogP contribution is 2.45. The van der Waals surface area contributed by atoms with Crippen molar-refractivity contribution in [3.63, 3.8) is 0 Å². The number of piperidine rings is 1. The minimum Gasteiger partial charge on any atom is -0.448 e. The fraction of sp³-hybridized carbons (Fsp3) is 0.391. The summed E-state index contributed by atoms with van der Waals surface area (Å²) in [4.78, 5) is 26.5. The van der Waals surface area contributed by atoms with Gasteiger partial charge in [0, 0.05) is 18.0 Å². The van der Waals surface area contributed by atoms with E-state index in [2.05, 4.69) is 24.3 Å². The number of carbonyl (C=O) groups excluding carboxylic acids is 2. The third-order valence-electron chi connectivity index (χ3n) is 6.86. The summed E-state index contributed by atoms with van der Waals surface area (Å²) in [5.41, 5.74) is 15.5. The standard InChI is InChI=1S/C23H25N3O3/c24-21(27)23(25)11-14-9-10-15(12-23)26(14)22(28)29-13-20-18-7-3-1-5-16(18)17-6-2-4-8-19(17)20/h1-8,14-15,20H,9-13,25H2,(H2,24,27). The number of ether oxygens (including phenoxy) is 1. The molecular weight excluding hydrogens is 366 g/mol. The molecule has 0 spiro atoms. The number of carbonyl (C=O) groups is 2. The van der Waals surface area contributed by atoms with Gasteiger partial charge in [0.25, 0.3) is 0 Å². The van der Waals surface area contributed by atoms with Crippen LogP contribution in [-0.2, 0) is 9.53 Å². The summed E-state index contributed by atoms with van der Waals surface area (Å²) in [7, 11) is 0. The fourth-order valence-electron chi connectivity index (χ4n) is 5.45. The van der Waals surface area contributed by atoms with Crippen LogP contribution in [0.15, 0.2) is 48.5 Å². The van der Waals surface area contributed by atoms with Gasteiger partial charge >= 0.3 is 6.09 Å². The maximum atomic E-state index is 13.0. The Labute approximate surface area is 169 Å². The Morgan fingerprint density at radius 3 is 2.00 bits per heavy atom. The highest BCUT2D eigenvalue weighted by molar-refractivity contribution is 5.85. The average Bonchev–Trinajstić information content (AvgIpc) is 3.19. The van der Waals surface area contributed by atoms with Crippen LogP contribution in [0.2, 0.25) is 0 Å². The molecule has 2 saturated heterocycles. The molecule has 0 radical (unpaired) electrons. The molecule has 29 heavy (non-hydrogen) atoms. The molecule has 150 valence electrons. The Morgan fingerprint density at radius 1 is 0.966 bits per heavy atom. The number of hydrogen-bond acceptors (Lipinski definition) is 4. The molecule has 2 unspecified atom stereocenters. The van der Waals surface area contributed by atoms with Crippen LogP contribution in [0.1, 0.15) is 42.7 Å². The van der Waals surface area contributed by atoms with E-state index in [1.54, 1.807) is 4.90 Å². The van der Waals surface area contributed by atoms with E-state index < -0.39 is 11.4 Å². The quantitative estimate of drug-likeness (QED) is 0.840. The Balaban J connectivity index is 1.33. The first-order valence-corrected chi connectivity index (χ1v) is 10.2. The number of benzene rings is 2. The molecule has 2 bridgehead atoms. The number of nitrogens with zero attached hydrogens (tertiary/aromatic N) is 1. The molecule has 1 aliphatic carbocycles. The number of amides is 2. The van der Waals surface area contributed by atoms with Gasteiger partial charge in [0.2, 0.25) is 5.91 Å². The van der Waals surface area contributed by atoms with E-state index >= 15 is 0 Å². The maximum Gasteiger partial charge on any atom is 0.410 e. The van der Waals surface area contributed by atoms with E-state index in [-0.39, 0.29) is 24.1 Å². The Hall–Kier alpha value is -2.86. The highest BCUT2D eigenvalue weighted by Gasteiger charge is 2.51. The molecule has 2 atom stereocenters. The molecule has 2 aromatic rings. The molecule has 3 aliphatic rings. The fourth-order valence-corrected chi connectivity index (χ4v) is 5.45. The lowest BCUT2D eigenvalue weighted by Crippen LogP contribution is -2.62. The molecule has 2 fully saturated rings. The van der Waals surface area contributed by atoms with E-state index in [0.717, 1.165) is 12.8 Å². The van der Waals surface area contributed by atoms with E-state index in [0.29, 0.717) is 19.4 Å². The Kier molecular flexibility index (Phi) is 4.13. The van der Waals surface area contributed by atoms with Gasteiger partial charge in [-0.15, -0.1) is 0 Å². The van der Waals surface area contributed by atoms with E-state index in [1.165, 1.54) is 22.3 Å². The van der Waals surface area contributed by atoms with Crippen LogP contribution in [0, 0.1) is 0 Å². The van der Waals surface area contributed by atoms with Gasteiger partial charge in [-0.2, -0.15) is 0 Å². The molecule has 2 aromatic carbocycles. The Morgan fingerprint density at radius 2 is 1.48 bits per heavy atom. The number of fused-ring (bicyclic) bond motifs is 5. The van der Waals surface area contributed by atoms with Gasteiger partial charge in [0.15, 0.2) is 0 Å². The van der Waals surface area contributed by atoms with E-state index in [9.17, 15) is 9.59 Å². The molecule has 2 amide bonds. The second-order valence-electron chi connectivity index (χ2n) is 8.52. The smallest absolute Gasteiger partial charge is 0.410 e. The predicted octanol–water partition coefficient (Wildman–Crippen LogP) is 2.75. The van der Waals surface area contributed by atoms with Gasteiger partial charge in [0.05, 0.1) is 5.54 Å². The predicted molar refractivity (Wildman–Crippen MR) is 109 cm³/mol. The van der Waals surface area contributed by atoms with Gasteiger partial charge in [-0.25, -0.2) is 4.79 Å². The second kappa shape index (κ2) is 6.59. The number of hydrogen-bond donors (Lipinski definition) is 2. The lowest BCUT2D eigenvalue weighted by Gasteiger charge is -2.42. The normalized spacial score (nSPS) is 27.4. The zero-order valence-electron chi connectivity index (χ0n) is 16.2. The molecule has 5 rings (SSSR count). The van der Waals surface area contributed by atoms with Gasteiger partial charge in [-0.3, -0.25) is 4.79 Å². The first-order valence-electron chi connectivity index (χ1n) is 10.2. The number of nitrogens with two attached hydrogens (primary N) is 2. The van der Waals surface area contributed by atoms with Crippen LogP contribution >= 0.6 is 0 Å². The SMILES string of the molecule is NC(=O)C1(N)CC2CCC(C1)N2C(=O)OCC1c2ccccc2-c2ccccc21. The zero-order chi connectivity index (χ0) is 20.2. The number of rotatable bonds is 3. The molecule has 0 saturated carbocycles. The van der Waals surface area contributed by atoms with Crippen LogP contribution in [0.25, 0.3) is 11.1 Å². The van der Waals surface area contributed by atoms with Gasteiger partial charge < -0.3 is 21.1 Å². The molecule has 6 nitrogen and oxygen atoms in total. The molecule has 0 aromatic heterocycles. The largest absolute Gasteiger partial charge is 0.448 e. The van der Waals surface area contributed by atoms with Crippen molar-refractivity contribution in [1.82, 2.24) is 4.90 Å². The van der Waals surface area contributed by atoms with Crippen molar-refractivity contribution >= 4 is 12.0 Å². The van der Waals surface area contributed by atoms with Crippen molar-refractivity contribution in [2.45, 2.75) is 49.2 Å². The molecule has 4 N–H and O–H groups in total. The van der Waals surface area contributed by atoms with Crippen LogP contribution in [0.4, 0.5) is 4.79 Å². The zero-order valence-corrected chi connectivity index (χ0v) is 16.2. The van der Waals surface area contributed by atoms with Gasteiger partial charge in [-0.1, -0.05) is 48.5 Å². The average molecular weight is 391 g/mol. The number of primary amides is 1. The summed E-state index contributed by atoms with van der Waals surface area (Å²) in [5.74, 6) is -0.449. The van der Waals surface area contributed by atoms with Crippen LogP contribution in [0.3, 0.4) is 0 Å². The topological polar surface area (TPSA) is 98.6 Å². The summed E-state index contributed by atoms with van der Waals surface area (Å²) in [6.45, 7) is 0.298. The lowest BCUT2D eigenvalue weighted by atomic mass is 9.83. The van der Waals surface area contributed by atoms with E-state index in [1.807, 2.05) is 24.3 Å². The van der Waals surface area contributed by atoms with Gasteiger partial charge in [-0.05, 0) is 47.9 Å². The summed E-state index contributed by atoms with van der Waals surface area (Å²) < 4.78 is 5.82. The Bertz CT molecular complexity index is 929. The van der Waals surface area contributed by atoms with Crippen molar-refractivity contribution in [1.29, 1.82) is 0 Å². The molecule has 6 heteroatoms. The highest BCUT2D eigenvalue weighted by atomic mass is 16.6. The monoisotopic (exact) mass is 391 g/mol. The molecule has 2 heterocycles. The minimum atomic E-state index is -1.02. The first kappa shape index (κ1) is 18.2. The summed E-state index contributed by atoms with van der Waals surface area (Å²) >= 11 is 0. The van der Waals surface area contributed by atoms with Crippen molar-refractivity contribution in [3.8, 4) is 11.1 Å². The lowest BCUT2D eigenvalue weighted by molar-refractivity contribution is -0.125. The van der Waals surface area contributed by atoms with Crippen molar-refractivity contribution in [2.75, 3.05) is 6.61 Å². The van der Waals surface area contributed by atoms with Crippen LogP contribution < -0.4 is 11.5 Å².